The molecule has 23 heteroatoms. The summed E-state index contributed by atoms with van der Waals surface area (Å²) in [5.41, 5.74) is 11.4. The van der Waals surface area contributed by atoms with Gasteiger partial charge in [-0.05, 0) is 22.4 Å². The van der Waals surface area contributed by atoms with Crippen LogP contribution in [0.4, 0.5) is 11.8 Å². The summed E-state index contributed by atoms with van der Waals surface area (Å²) in [6.07, 6.45) is -1.89. The van der Waals surface area contributed by atoms with Crippen molar-refractivity contribution in [1.29, 1.82) is 0 Å². The Morgan fingerprint density at radius 1 is 1.26 bits per heavy atom. The molecule has 43 heavy (non-hydrogen) atoms. The highest BCUT2D eigenvalue weighted by Gasteiger charge is 2.44. The van der Waals surface area contributed by atoms with E-state index in [0.29, 0.717) is 16.9 Å². The van der Waals surface area contributed by atoms with Gasteiger partial charge < -0.3 is 44.6 Å². The Kier molecular flexibility index (Phi) is 8.48. The van der Waals surface area contributed by atoms with E-state index in [1.807, 2.05) is 0 Å². The van der Waals surface area contributed by atoms with E-state index >= 15 is 0 Å². The third-order valence-corrected chi connectivity index (χ3v) is 9.14. The van der Waals surface area contributed by atoms with Crippen molar-refractivity contribution in [3.63, 3.8) is 0 Å². The Morgan fingerprint density at radius 2 is 2.07 bits per heavy atom. The number of nitrogens with zero attached hydrogens (tertiary/aromatic N) is 7. The summed E-state index contributed by atoms with van der Waals surface area (Å²) in [6, 6.07) is 1.75. The van der Waals surface area contributed by atoms with Crippen LogP contribution in [0, 0.1) is 0 Å². The monoisotopic (exact) mass is 675 g/mol. The van der Waals surface area contributed by atoms with Crippen LogP contribution in [-0.4, -0.2) is 87.1 Å². The van der Waals surface area contributed by atoms with Crippen molar-refractivity contribution >= 4 is 72.0 Å². The van der Waals surface area contributed by atoms with Gasteiger partial charge in [0, 0.05) is 19.0 Å². The van der Waals surface area contributed by atoms with E-state index in [-0.39, 0.29) is 43.2 Å². The van der Waals surface area contributed by atoms with Crippen molar-refractivity contribution in [2.45, 2.75) is 49.7 Å². The van der Waals surface area contributed by atoms with Gasteiger partial charge >= 0.3 is 13.9 Å². The topological polar surface area (TPSA) is 263 Å². The zero-order chi connectivity index (χ0) is 30.5. The molecule has 2 aliphatic rings. The lowest BCUT2D eigenvalue weighted by Crippen LogP contribution is -2.27. The molecule has 230 valence electrons. The smallest absolute Gasteiger partial charge is 0.390 e. The van der Waals surface area contributed by atoms with Gasteiger partial charge in [0.2, 0.25) is 5.95 Å². The third-order valence-electron chi connectivity index (χ3n) is 6.83. The molecule has 4 aromatic rings. The van der Waals surface area contributed by atoms with Gasteiger partial charge in [0.1, 0.15) is 55.1 Å². The summed E-state index contributed by atoms with van der Waals surface area (Å²) < 4.78 is 42.7. The number of nitrogens with two attached hydrogens (primary N) is 2. The van der Waals surface area contributed by atoms with Crippen molar-refractivity contribution in [1.82, 2.24) is 39.5 Å². The van der Waals surface area contributed by atoms with Crippen LogP contribution < -0.4 is 17.0 Å². The molecular weight excluding hydrogens is 650 g/mol. The van der Waals surface area contributed by atoms with Gasteiger partial charge in [-0.2, -0.15) is 9.67 Å². The molecule has 0 spiro atoms. The first kappa shape index (κ1) is 30.4. The number of anilines is 2. The van der Waals surface area contributed by atoms with Crippen LogP contribution in [0.25, 0.3) is 22.2 Å². The maximum atomic E-state index is 12.3. The largest absolute Gasteiger partial charge is 0.582 e. The molecular formula is C20H25N10O9P2S2+. The summed E-state index contributed by atoms with van der Waals surface area (Å²) in [6.45, 7) is -4.44. The molecule has 6 heterocycles. The molecule has 19 nitrogen and oxygen atoms in total. The highest BCUT2D eigenvalue weighted by atomic mass is 32.7. The summed E-state index contributed by atoms with van der Waals surface area (Å²) in [4.78, 5) is 37.9. The zero-order valence-corrected chi connectivity index (χ0v) is 25.3. The number of aliphatic hydroxyl groups excluding tert-OH is 1. The second kappa shape index (κ2) is 12.0. The maximum absolute atomic E-state index is 12.3. The number of aliphatic hydroxyl groups is 1. The first-order chi connectivity index (χ1) is 20.5. The molecule has 0 radical (unpaired) electrons. The van der Waals surface area contributed by atoms with Crippen LogP contribution >= 0.6 is 26.2 Å². The standard InChI is InChI=1S/C20H24N10O9P2S2/c21-15-9-1-2-29(16(9)24-7-23-15)13-4-10(31)12(38-13)6-36-41(34,43)39-11-3-8(5-35-40(33)42)37-19(11)30-17-14(27-28-30)18(32)26-20(22)25-17/h1-2,7-8,10-13,19,31H,3-6H2,(H6-,21,22,23,24,25,26,28,32,33,34,42,43)/p+1/t8-,10-,11+,12?,13+,19+,41?/m0/s1. The van der Waals surface area contributed by atoms with Crippen LogP contribution in [0.1, 0.15) is 25.3 Å². The molecule has 0 saturated carbocycles. The first-order valence-corrected chi connectivity index (χ1v) is 17.5. The van der Waals surface area contributed by atoms with Gasteiger partial charge in [-0.3, -0.25) is 9.78 Å². The van der Waals surface area contributed by atoms with Crippen molar-refractivity contribution < 1.29 is 37.6 Å². The van der Waals surface area contributed by atoms with Crippen LogP contribution in [0.5, 0.6) is 0 Å². The summed E-state index contributed by atoms with van der Waals surface area (Å²) in [5, 5.41) is 19.1. The predicted octanol–water partition coefficient (Wildman–Crippen LogP) is 0.282. The molecule has 6 rings (SSSR count). The predicted molar refractivity (Wildman–Crippen MR) is 155 cm³/mol. The molecule has 0 aliphatic carbocycles. The Labute approximate surface area is 252 Å². The second-order valence-corrected chi connectivity index (χ2v) is 14.1. The Hall–Kier alpha value is -2.68. The quantitative estimate of drug-likeness (QED) is 0.0974. The molecule has 7 N–H and O–H groups in total. The van der Waals surface area contributed by atoms with Crippen molar-refractivity contribution in [3.05, 3.63) is 28.9 Å². The van der Waals surface area contributed by atoms with Gasteiger partial charge in [0.05, 0.1) is 24.2 Å². The highest BCUT2D eigenvalue weighted by Crippen LogP contribution is 2.50. The number of aromatic nitrogens is 8. The van der Waals surface area contributed by atoms with E-state index < -0.39 is 56.4 Å². The van der Waals surface area contributed by atoms with Gasteiger partial charge in [-0.25, -0.2) is 9.97 Å². The van der Waals surface area contributed by atoms with E-state index in [9.17, 15) is 19.4 Å². The maximum Gasteiger partial charge on any atom is 0.582 e. The van der Waals surface area contributed by atoms with Crippen LogP contribution in [0.2, 0.25) is 0 Å². The molecule has 2 fully saturated rings. The fourth-order valence-corrected chi connectivity index (χ4v) is 6.87. The number of fused-ring (bicyclic) bond motifs is 2. The lowest BCUT2D eigenvalue weighted by molar-refractivity contribution is -0.0567. The molecule has 3 unspecified atom stereocenters. The number of aromatic amines is 1. The number of nitrogens with one attached hydrogen (secondary N) is 1. The van der Waals surface area contributed by atoms with Crippen molar-refractivity contribution in [2.75, 3.05) is 24.7 Å². The van der Waals surface area contributed by atoms with E-state index in [1.165, 1.54) is 6.33 Å². The Balaban J connectivity index is 1.16. The summed E-state index contributed by atoms with van der Waals surface area (Å²) in [5.74, 6) is 0.129. The lowest BCUT2D eigenvalue weighted by Gasteiger charge is -2.25. The van der Waals surface area contributed by atoms with Crippen LogP contribution in [0.3, 0.4) is 0 Å². The fraction of sp³-hybridized carbons (Fsp3) is 0.500. The molecule has 0 bridgehead atoms. The van der Waals surface area contributed by atoms with E-state index in [4.69, 9.17) is 46.3 Å². The van der Waals surface area contributed by atoms with Crippen molar-refractivity contribution in [2.24, 2.45) is 0 Å². The average molecular weight is 676 g/mol. The van der Waals surface area contributed by atoms with Crippen LogP contribution in [0.15, 0.2) is 23.4 Å². The molecule has 2 saturated heterocycles. The van der Waals surface area contributed by atoms with E-state index in [0.717, 1.165) is 4.68 Å². The van der Waals surface area contributed by atoms with Gasteiger partial charge in [-0.1, -0.05) is 5.21 Å². The summed E-state index contributed by atoms with van der Waals surface area (Å²) >= 11 is 9.01. The number of rotatable bonds is 10. The molecule has 0 amide bonds. The number of hydrogen-bond donors (Lipinski definition) is 6. The summed E-state index contributed by atoms with van der Waals surface area (Å²) in [7, 11) is -2.22. The molecule has 0 aromatic carbocycles. The number of thiol groups is 1. The first-order valence-electron chi connectivity index (χ1n) is 12.6. The minimum Gasteiger partial charge on any atom is -0.390 e. The number of ether oxygens (including phenoxy) is 2. The van der Waals surface area contributed by atoms with Crippen LogP contribution in [-0.2, 0) is 39.4 Å². The second-order valence-electron chi connectivity index (χ2n) is 9.63. The number of H-pyrrole nitrogens is 1. The Bertz CT molecular complexity index is 1790. The zero-order valence-electron chi connectivity index (χ0n) is 21.8. The molecule has 2 aliphatic heterocycles. The van der Waals surface area contributed by atoms with E-state index in [2.05, 4.69) is 42.5 Å². The molecule has 4 aromatic heterocycles. The highest BCUT2D eigenvalue weighted by molar-refractivity contribution is 8.39. The number of hydrogen-bond acceptors (Lipinski definition) is 16. The molecule has 8 atom stereocenters. The minimum absolute atomic E-state index is 0.00747. The fourth-order valence-electron chi connectivity index (χ4n) is 4.94. The van der Waals surface area contributed by atoms with Gasteiger partial charge in [-0.15, -0.1) is 9.62 Å². The average Bonchev–Trinajstić information content (AvgIpc) is 3.71. The third kappa shape index (κ3) is 6.29. The normalized spacial score (nSPS) is 27.7. The van der Waals surface area contributed by atoms with Gasteiger partial charge in [0.15, 0.2) is 17.4 Å². The van der Waals surface area contributed by atoms with E-state index in [1.54, 1.807) is 16.8 Å². The lowest BCUT2D eigenvalue weighted by atomic mass is 10.2. The van der Waals surface area contributed by atoms with Crippen molar-refractivity contribution in [3.8, 4) is 0 Å². The SMILES string of the molecule is Nc1nc2c(nnn2[C@@H]2O[C@H](CO[P+](=O)S)C[C@H]2OP(O)(=S)OCC2O[C@@H](n3ccc4c(N)ncnc43)C[C@@H]2O)c(=O)[nH]1. The van der Waals surface area contributed by atoms with Gasteiger partial charge in [0.25, 0.3) is 5.56 Å². The number of nitrogen functional groups attached to an aromatic ring is 2. The Morgan fingerprint density at radius 3 is 2.86 bits per heavy atom. The minimum atomic E-state index is -4.00.